The summed E-state index contributed by atoms with van der Waals surface area (Å²) in [5.74, 6) is 2.92. The SMILES string of the molecule is COc1cccc(Oc2nc(N3CCN(C)CC3)nc3c2CN(Cc2cccc(C)c2)CC3)c1. The Kier molecular flexibility index (Phi) is 6.65. The first-order chi connectivity index (χ1) is 16.6. The Hall–Kier alpha value is -3.16. The number of hydrogen-bond acceptors (Lipinski definition) is 7. The van der Waals surface area contributed by atoms with Crippen molar-refractivity contribution in [2.24, 2.45) is 0 Å². The largest absolute Gasteiger partial charge is 0.497 e. The molecule has 0 aliphatic carbocycles. The first-order valence-corrected chi connectivity index (χ1v) is 12.0. The van der Waals surface area contributed by atoms with Crippen molar-refractivity contribution in [3.05, 3.63) is 70.9 Å². The van der Waals surface area contributed by atoms with Crippen molar-refractivity contribution >= 4 is 5.95 Å². The molecule has 0 atom stereocenters. The van der Waals surface area contributed by atoms with Gasteiger partial charge in [0.2, 0.25) is 11.8 Å². The highest BCUT2D eigenvalue weighted by molar-refractivity contribution is 5.45. The third kappa shape index (κ3) is 5.16. The summed E-state index contributed by atoms with van der Waals surface area (Å²) >= 11 is 0. The second-order valence-electron chi connectivity index (χ2n) is 9.28. The van der Waals surface area contributed by atoms with Crippen LogP contribution in [-0.4, -0.2) is 66.6 Å². The van der Waals surface area contributed by atoms with Crippen LogP contribution in [0.1, 0.15) is 22.4 Å². The Labute approximate surface area is 201 Å². The molecule has 0 N–H and O–H groups in total. The third-order valence-electron chi connectivity index (χ3n) is 6.62. The average Bonchev–Trinajstić information content (AvgIpc) is 2.85. The minimum atomic E-state index is 0.654. The van der Waals surface area contributed by atoms with Gasteiger partial charge in [-0.05, 0) is 31.7 Å². The summed E-state index contributed by atoms with van der Waals surface area (Å²) in [6.45, 7) is 8.65. The lowest BCUT2D eigenvalue weighted by Crippen LogP contribution is -2.45. The van der Waals surface area contributed by atoms with Crippen LogP contribution in [0.2, 0.25) is 0 Å². The minimum Gasteiger partial charge on any atom is -0.497 e. The Balaban J connectivity index is 1.45. The molecule has 0 spiro atoms. The van der Waals surface area contributed by atoms with Crippen molar-refractivity contribution < 1.29 is 9.47 Å². The molecule has 1 fully saturated rings. The molecule has 2 aliphatic heterocycles. The number of aromatic nitrogens is 2. The monoisotopic (exact) mass is 459 g/mol. The Morgan fingerprint density at radius 1 is 0.912 bits per heavy atom. The Bertz CT molecular complexity index is 1140. The van der Waals surface area contributed by atoms with E-state index in [1.165, 1.54) is 11.1 Å². The number of aryl methyl sites for hydroxylation is 1. The third-order valence-corrected chi connectivity index (χ3v) is 6.62. The summed E-state index contributed by atoms with van der Waals surface area (Å²) in [5, 5.41) is 0. The van der Waals surface area contributed by atoms with E-state index in [1.807, 2.05) is 24.3 Å². The van der Waals surface area contributed by atoms with Crippen LogP contribution in [-0.2, 0) is 19.5 Å². The predicted octanol–water partition coefficient (Wildman–Crippen LogP) is 3.90. The molecule has 0 amide bonds. The fourth-order valence-electron chi connectivity index (χ4n) is 4.64. The number of methoxy groups -OCH3 is 1. The standard InChI is InChI=1S/C27H33N5O2/c1-20-6-4-7-21(16-20)18-31-11-10-25-24(19-31)26(34-23-9-5-8-22(17-23)33-3)29-27(28-25)32-14-12-30(2)13-15-32/h4-9,16-17H,10-15,18-19H2,1-3H3. The summed E-state index contributed by atoms with van der Waals surface area (Å²) in [5.41, 5.74) is 4.80. The molecule has 2 aromatic carbocycles. The molecule has 2 aliphatic rings. The molecule has 34 heavy (non-hydrogen) atoms. The van der Waals surface area contributed by atoms with Crippen LogP contribution in [0.5, 0.6) is 17.4 Å². The first kappa shape index (κ1) is 22.6. The van der Waals surface area contributed by atoms with Gasteiger partial charge in [-0.25, -0.2) is 4.98 Å². The van der Waals surface area contributed by atoms with Crippen molar-refractivity contribution in [3.63, 3.8) is 0 Å². The molecule has 3 aromatic rings. The van der Waals surface area contributed by atoms with Gasteiger partial charge in [0.1, 0.15) is 11.5 Å². The van der Waals surface area contributed by atoms with E-state index in [2.05, 4.69) is 52.9 Å². The molecule has 7 heteroatoms. The second-order valence-corrected chi connectivity index (χ2v) is 9.28. The maximum atomic E-state index is 6.39. The zero-order valence-electron chi connectivity index (χ0n) is 20.3. The molecule has 0 unspecified atom stereocenters. The summed E-state index contributed by atoms with van der Waals surface area (Å²) in [7, 11) is 3.82. The zero-order valence-corrected chi connectivity index (χ0v) is 20.3. The second kappa shape index (κ2) is 9.99. The normalized spacial score (nSPS) is 16.9. The summed E-state index contributed by atoms with van der Waals surface area (Å²) in [4.78, 5) is 17.0. The molecule has 0 saturated carbocycles. The molecule has 1 aromatic heterocycles. The number of anilines is 1. The average molecular weight is 460 g/mol. The van der Waals surface area contributed by atoms with Gasteiger partial charge in [0.05, 0.1) is 18.4 Å². The van der Waals surface area contributed by atoms with E-state index in [0.717, 1.165) is 80.9 Å². The number of nitrogens with zero attached hydrogens (tertiary/aromatic N) is 5. The molecule has 3 heterocycles. The number of likely N-dealkylation sites (N-methyl/N-ethyl adjacent to an activating group) is 1. The van der Waals surface area contributed by atoms with Crippen molar-refractivity contribution in [1.82, 2.24) is 19.8 Å². The van der Waals surface area contributed by atoms with Gasteiger partial charge in [0.25, 0.3) is 0 Å². The Morgan fingerprint density at radius 2 is 1.71 bits per heavy atom. The predicted molar refractivity (Wildman–Crippen MR) is 134 cm³/mol. The lowest BCUT2D eigenvalue weighted by atomic mass is 10.0. The fourth-order valence-corrected chi connectivity index (χ4v) is 4.64. The summed E-state index contributed by atoms with van der Waals surface area (Å²) in [6, 6.07) is 16.4. The number of hydrogen-bond donors (Lipinski definition) is 0. The van der Waals surface area contributed by atoms with Crippen LogP contribution in [0, 0.1) is 6.92 Å². The quantitative estimate of drug-likeness (QED) is 0.554. The van der Waals surface area contributed by atoms with Crippen LogP contribution in [0.25, 0.3) is 0 Å². The summed E-state index contributed by atoms with van der Waals surface area (Å²) < 4.78 is 11.8. The van der Waals surface area contributed by atoms with Crippen LogP contribution in [0.4, 0.5) is 5.95 Å². The van der Waals surface area contributed by atoms with Crippen LogP contribution in [0.15, 0.2) is 48.5 Å². The molecular weight excluding hydrogens is 426 g/mol. The van der Waals surface area contributed by atoms with E-state index in [9.17, 15) is 0 Å². The van der Waals surface area contributed by atoms with E-state index < -0.39 is 0 Å². The van der Waals surface area contributed by atoms with E-state index in [0.29, 0.717) is 5.88 Å². The van der Waals surface area contributed by atoms with Crippen LogP contribution in [0.3, 0.4) is 0 Å². The Morgan fingerprint density at radius 3 is 2.50 bits per heavy atom. The maximum Gasteiger partial charge on any atom is 0.228 e. The van der Waals surface area contributed by atoms with Gasteiger partial charge in [0, 0.05) is 58.3 Å². The minimum absolute atomic E-state index is 0.654. The number of ether oxygens (including phenoxy) is 2. The molecule has 0 radical (unpaired) electrons. The van der Waals surface area contributed by atoms with Crippen molar-refractivity contribution in [2.75, 3.05) is 51.8 Å². The number of fused-ring (bicyclic) bond motifs is 1. The van der Waals surface area contributed by atoms with E-state index >= 15 is 0 Å². The molecular formula is C27H33N5O2. The van der Waals surface area contributed by atoms with Crippen molar-refractivity contribution in [2.45, 2.75) is 26.4 Å². The van der Waals surface area contributed by atoms with Crippen LogP contribution >= 0.6 is 0 Å². The van der Waals surface area contributed by atoms with Gasteiger partial charge in [-0.2, -0.15) is 4.98 Å². The highest BCUT2D eigenvalue weighted by Crippen LogP contribution is 2.33. The van der Waals surface area contributed by atoms with Gasteiger partial charge in [-0.1, -0.05) is 35.9 Å². The van der Waals surface area contributed by atoms with Crippen LogP contribution < -0.4 is 14.4 Å². The topological polar surface area (TPSA) is 54.0 Å². The smallest absolute Gasteiger partial charge is 0.228 e. The van der Waals surface area contributed by atoms with Gasteiger partial charge in [0.15, 0.2) is 0 Å². The van der Waals surface area contributed by atoms with Crippen molar-refractivity contribution in [1.29, 1.82) is 0 Å². The molecule has 1 saturated heterocycles. The molecule has 5 rings (SSSR count). The van der Waals surface area contributed by atoms with Gasteiger partial charge >= 0.3 is 0 Å². The fraction of sp³-hybridized carbons (Fsp3) is 0.407. The molecule has 0 bridgehead atoms. The lowest BCUT2D eigenvalue weighted by molar-refractivity contribution is 0.238. The lowest BCUT2D eigenvalue weighted by Gasteiger charge is -2.34. The highest BCUT2D eigenvalue weighted by Gasteiger charge is 2.26. The van der Waals surface area contributed by atoms with E-state index in [4.69, 9.17) is 19.4 Å². The van der Waals surface area contributed by atoms with Crippen molar-refractivity contribution in [3.8, 4) is 17.4 Å². The maximum absolute atomic E-state index is 6.39. The van der Waals surface area contributed by atoms with Gasteiger partial charge < -0.3 is 19.3 Å². The highest BCUT2D eigenvalue weighted by atomic mass is 16.5. The molecule has 7 nitrogen and oxygen atoms in total. The zero-order chi connectivity index (χ0) is 23.5. The molecule has 178 valence electrons. The van der Waals surface area contributed by atoms with Gasteiger partial charge in [-0.3, -0.25) is 4.90 Å². The van der Waals surface area contributed by atoms with E-state index in [-0.39, 0.29) is 0 Å². The summed E-state index contributed by atoms with van der Waals surface area (Å²) in [6.07, 6.45) is 0.888. The van der Waals surface area contributed by atoms with Gasteiger partial charge in [-0.15, -0.1) is 0 Å². The van der Waals surface area contributed by atoms with E-state index in [1.54, 1.807) is 7.11 Å². The number of piperazine rings is 1. The number of rotatable bonds is 6. The first-order valence-electron chi connectivity index (χ1n) is 12.0. The number of benzene rings is 2.